The molecule has 2 aromatic carbocycles. The van der Waals surface area contributed by atoms with Crippen molar-refractivity contribution in [1.29, 1.82) is 0 Å². The number of hydrogen-bond donors (Lipinski definition) is 1. The zero-order chi connectivity index (χ0) is 18.7. The van der Waals surface area contributed by atoms with Gasteiger partial charge in [0.2, 0.25) is 0 Å². The van der Waals surface area contributed by atoms with Crippen LogP contribution in [0.5, 0.6) is 5.75 Å². The van der Waals surface area contributed by atoms with Gasteiger partial charge in [-0.25, -0.2) is 4.98 Å². The van der Waals surface area contributed by atoms with Crippen molar-refractivity contribution in [3.05, 3.63) is 68.0 Å². The summed E-state index contributed by atoms with van der Waals surface area (Å²) in [6.45, 7) is 0. The van der Waals surface area contributed by atoms with Crippen molar-refractivity contribution >= 4 is 44.0 Å². The van der Waals surface area contributed by atoms with Crippen molar-refractivity contribution < 1.29 is 14.5 Å². The Bertz CT molecular complexity index is 990. The highest BCUT2D eigenvalue weighted by Crippen LogP contribution is 2.32. The first-order valence-corrected chi connectivity index (χ1v) is 9.01. The smallest absolute Gasteiger partial charge is 0.282 e. The number of nitro groups is 1. The molecule has 7 nitrogen and oxygen atoms in total. The van der Waals surface area contributed by atoms with E-state index in [2.05, 4.69) is 26.2 Å². The topological polar surface area (TPSA) is 94.4 Å². The van der Waals surface area contributed by atoms with Gasteiger partial charge in [0.1, 0.15) is 11.3 Å². The van der Waals surface area contributed by atoms with E-state index in [1.54, 1.807) is 18.6 Å². The van der Waals surface area contributed by atoms with Crippen LogP contribution in [0.15, 0.2) is 52.3 Å². The maximum absolute atomic E-state index is 12.3. The lowest BCUT2D eigenvalue weighted by molar-refractivity contribution is -0.385. The van der Waals surface area contributed by atoms with Crippen LogP contribution < -0.4 is 10.1 Å². The average molecular weight is 434 g/mol. The van der Waals surface area contributed by atoms with E-state index in [-0.39, 0.29) is 11.3 Å². The van der Waals surface area contributed by atoms with Crippen LogP contribution >= 0.6 is 27.3 Å². The maximum atomic E-state index is 12.3. The Morgan fingerprint density at radius 2 is 2.08 bits per heavy atom. The largest absolute Gasteiger partial charge is 0.496 e. The zero-order valence-corrected chi connectivity index (χ0v) is 15.8. The number of para-hydroxylation sites is 1. The molecule has 0 radical (unpaired) electrons. The van der Waals surface area contributed by atoms with Gasteiger partial charge in [-0.05, 0) is 40.2 Å². The van der Waals surface area contributed by atoms with Crippen LogP contribution in [0.3, 0.4) is 0 Å². The van der Waals surface area contributed by atoms with Crippen LogP contribution in [0, 0.1) is 10.1 Å². The molecule has 0 saturated carbocycles. The highest BCUT2D eigenvalue weighted by molar-refractivity contribution is 9.10. The lowest BCUT2D eigenvalue weighted by Gasteiger charge is -2.04. The predicted molar refractivity (Wildman–Crippen MR) is 103 cm³/mol. The number of benzene rings is 2. The summed E-state index contributed by atoms with van der Waals surface area (Å²) in [5.74, 6) is 0.128. The molecular weight excluding hydrogens is 422 g/mol. The van der Waals surface area contributed by atoms with E-state index >= 15 is 0 Å². The fraction of sp³-hybridized carbons (Fsp3) is 0.0588. The van der Waals surface area contributed by atoms with Crippen LogP contribution in [0.25, 0.3) is 11.3 Å². The molecule has 0 aliphatic heterocycles. The first kappa shape index (κ1) is 18.0. The second kappa shape index (κ2) is 7.63. The van der Waals surface area contributed by atoms with Crippen LogP contribution in [0.2, 0.25) is 0 Å². The number of ether oxygens (including phenoxy) is 1. The van der Waals surface area contributed by atoms with Gasteiger partial charge in [-0.1, -0.05) is 12.1 Å². The van der Waals surface area contributed by atoms with Gasteiger partial charge in [0.15, 0.2) is 5.13 Å². The number of thiazole rings is 1. The van der Waals surface area contributed by atoms with Gasteiger partial charge in [0.25, 0.3) is 11.6 Å². The predicted octanol–water partition coefficient (Wildman–Crippen LogP) is 4.74. The monoisotopic (exact) mass is 433 g/mol. The Hall–Kier alpha value is -2.78. The number of methoxy groups -OCH3 is 1. The Morgan fingerprint density at radius 1 is 1.31 bits per heavy atom. The lowest BCUT2D eigenvalue weighted by Crippen LogP contribution is -2.13. The van der Waals surface area contributed by atoms with Crippen LogP contribution in [0.4, 0.5) is 10.8 Å². The molecule has 3 aromatic rings. The lowest BCUT2D eigenvalue weighted by atomic mass is 10.1. The minimum Gasteiger partial charge on any atom is -0.496 e. The van der Waals surface area contributed by atoms with Crippen LogP contribution in [-0.4, -0.2) is 22.9 Å². The molecule has 0 fully saturated rings. The van der Waals surface area contributed by atoms with Crippen molar-refractivity contribution in [2.45, 2.75) is 0 Å². The second-order valence-corrected chi connectivity index (χ2v) is 6.83. The summed E-state index contributed by atoms with van der Waals surface area (Å²) in [5.41, 5.74) is 1.26. The molecule has 26 heavy (non-hydrogen) atoms. The number of aromatic nitrogens is 1. The molecule has 1 amide bonds. The van der Waals surface area contributed by atoms with Crippen LogP contribution in [0.1, 0.15) is 10.4 Å². The molecule has 3 rings (SSSR count). The molecular formula is C17H12BrN3O4S. The third-order valence-corrected chi connectivity index (χ3v) is 4.90. The Balaban J connectivity index is 1.82. The number of rotatable bonds is 5. The number of carbonyl (C=O) groups excluding carboxylic acids is 1. The Morgan fingerprint density at radius 3 is 2.77 bits per heavy atom. The van der Waals surface area contributed by atoms with E-state index in [1.165, 1.54) is 29.5 Å². The number of nitrogens with zero attached hydrogens (tertiary/aromatic N) is 2. The molecule has 1 N–H and O–H groups in total. The normalized spacial score (nSPS) is 10.4. The highest BCUT2D eigenvalue weighted by atomic mass is 79.9. The number of amides is 1. The summed E-state index contributed by atoms with van der Waals surface area (Å²) in [7, 11) is 1.58. The standard InChI is InChI=1S/C17H12BrN3O4S/c1-25-15-7-6-10(8-12(15)18)13-9-26-17(19-13)20-16(22)11-4-2-3-5-14(11)21(23)24/h2-9H,1H3,(H,19,20,22). The number of nitro benzene ring substituents is 1. The molecule has 0 aliphatic carbocycles. The highest BCUT2D eigenvalue weighted by Gasteiger charge is 2.20. The molecule has 9 heteroatoms. The summed E-state index contributed by atoms with van der Waals surface area (Å²) in [4.78, 5) is 27.2. The molecule has 0 unspecified atom stereocenters. The van der Waals surface area contributed by atoms with Crippen LogP contribution in [-0.2, 0) is 0 Å². The quantitative estimate of drug-likeness (QED) is 0.462. The Labute approximate surface area is 160 Å². The van der Waals surface area contributed by atoms with E-state index in [4.69, 9.17) is 4.74 Å². The number of carbonyl (C=O) groups is 1. The zero-order valence-electron chi connectivity index (χ0n) is 13.4. The first-order valence-electron chi connectivity index (χ1n) is 7.34. The van der Waals surface area contributed by atoms with Gasteiger partial charge in [-0.2, -0.15) is 0 Å². The molecule has 1 heterocycles. The van der Waals surface area contributed by atoms with Gasteiger partial charge in [-0.15, -0.1) is 11.3 Å². The van der Waals surface area contributed by atoms with E-state index in [1.807, 2.05) is 18.2 Å². The van der Waals surface area contributed by atoms with E-state index in [0.717, 1.165) is 10.0 Å². The van der Waals surface area contributed by atoms with Gasteiger partial charge in [-0.3, -0.25) is 20.2 Å². The molecule has 1 aromatic heterocycles. The van der Waals surface area contributed by atoms with E-state index in [0.29, 0.717) is 16.6 Å². The number of halogens is 1. The van der Waals surface area contributed by atoms with Gasteiger partial charge in [0, 0.05) is 17.0 Å². The van der Waals surface area contributed by atoms with Gasteiger partial charge in [0.05, 0.1) is 22.2 Å². The summed E-state index contributed by atoms with van der Waals surface area (Å²) in [6, 6.07) is 11.3. The number of hydrogen-bond acceptors (Lipinski definition) is 6. The molecule has 0 bridgehead atoms. The van der Waals surface area contributed by atoms with Gasteiger partial charge < -0.3 is 4.74 Å². The average Bonchev–Trinajstić information content (AvgIpc) is 3.10. The number of anilines is 1. The summed E-state index contributed by atoms with van der Waals surface area (Å²) in [5, 5.41) is 15.8. The molecule has 0 saturated heterocycles. The SMILES string of the molecule is COc1ccc(-c2csc(NC(=O)c3ccccc3[N+](=O)[O-])n2)cc1Br. The van der Waals surface area contributed by atoms with Crippen molar-refractivity contribution in [3.63, 3.8) is 0 Å². The fourth-order valence-corrected chi connectivity index (χ4v) is 3.53. The van der Waals surface area contributed by atoms with Crippen molar-refractivity contribution in [3.8, 4) is 17.0 Å². The van der Waals surface area contributed by atoms with Crippen molar-refractivity contribution in [1.82, 2.24) is 4.98 Å². The maximum Gasteiger partial charge on any atom is 0.282 e. The molecule has 0 atom stereocenters. The number of nitrogens with one attached hydrogen (secondary N) is 1. The summed E-state index contributed by atoms with van der Waals surface area (Å²) >= 11 is 4.66. The molecule has 132 valence electrons. The summed E-state index contributed by atoms with van der Waals surface area (Å²) < 4.78 is 5.98. The molecule has 0 spiro atoms. The Kier molecular flexibility index (Phi) is 5.29. The fourth-order valence-electron chi connectivity index (χ4n) is 2.28. The molecule has 0 aliphatic rings. The third kappa shape index (κ3) is 3.73. The summed E-state index contributed by atoms with van der Waals surface area (Å²) in [6.07, 6.45) is 0. The van der Waals surface area contributed by atoms with Crippen molar-refractivity contribution in [2.75, 3.05) is 12.4 Å². The van der Waals surface area contributed by atoms with Gasteiger partial charge >= 0.3 is 0 Å². The minimum atomic E-state index is -0.586. The first-order chi connectivity index (χ1) is 12.5. The van der Waals surface area contributed by atoms with E-state index in [9.17, 15) is 14.9 Å². The second-order valence-electron chi connectivity index (χ2n) is 5.12. The minimum absolute atomic E-state index is 0.0126. The third-order valence-electron chi connectivity index (χ3n) is 3.52. The van der Waals surface area contributed by atoms with Crippen molar-refractivity contribution in [2.24, 2.45) is 0 Å². The van der Waals surface area contributed by atoms with E-state index < -0.39 is 10.8 Å².